The van der Waals surface area contributed by atoms with Gasteiger partial charge in [-0.2, -0.15) is 0 Å². The summed E-state index contributed by atoms with van der Waals surface area (Å²) in [4.78, 5) is 23.0. The molecule has 1 fully saturated rings. The van der Waals surface area contributed by atoms with E-state index in [2.05, 4.69) is 0 Å². The molecule has 0 saturated carbocycles. The largest absolute Gasteiger partial charge is 0.480 e. The van der Waals surface area contributed by atoms with Crippen LogP contribution in [-0.2, 0) is 14.3 Å². The number of hydrogen-bond acceptors (Lipinski definition) is 4. The molecule has 1 N–H and O–H groups in total. The number of carbonyl (C=O) groups excluding carboxylic acids is 1. The fourth-order valence-corrected chi connectivity index (χ4v) is 2.01. The van der Waals surface area contributed by atoms with Crippen molar-refractivity contribution in [2.75, 3.05) is 6.61 Å². The molecule has 1 aromatic rings. The maximum atomic E-state index is 11.7. The zero-order valence-electron chi connectivity index (χ0n) is 9.80. The summed E-state index contributed by atoms with van der Waals surface area (Å²) >= 11 is 0. The van der Waals surface area contributed by atoms with Gasteiger partial charge in [-0.3, -0.25) is 9.59 Å². The molecule has 0 aliphatic carbocycles. The number of carboxylic acid groups (broad SMARTS) is 1. The standard InChI is InChI=1S/C13H14O5/c14-11(15)13(7-3-9-18-12(13)16)6-1-4-10-5-2-8-17-10/h1-2,4-5,8H,3,6-7,9H2,(H,14,15). The predicted molar refractivity (Wildman–Crippen MR) is 62.6 cm³/mol. The highest BCUT2D eigenvalue weighted by atomic mass is 16.5. The smallest absolute Gasteiger partial charge is 0.323 e. The van der Waals surface area contributed by atoms with Gasteiger partial charge in [0.25, 0.3) is 0 Å². The number of esters is 1. The molecule has 1 aromatic heterocycles. The first kappa shape index (κ1) is 12.4. The molecular formula is C13H14O5. The number of carbonyl (C=O) groups is 2. The third kappa shape index (κ3) is 2.30. The van der Waals surface area contributed by atoms with Crippen molar-refractivity contribution in [3.8, 4) is 0 Å². The number of ether oxygens (including phenoxy) is 1. The summed E-state index contributed by atoms with van der Waals surface area (Å²) in [5.74, 6) is -1.15. The molecule has 5 heteroatoms. The SMILES string of the molecule is O=C(O)C1(CC=Cc2ccco2)CCCOC1=O. The monoisotopic (exact) mass is 250 g/mol. The molecule has 2 rings (SSSR count). The van der Waals surface area contributed by atoms with Gasteiger partial charge in [0.05, 0.1) is 12.9 Å². The summed E-state index contributed by atoms with van der Waals surface area (Å²) < 4.78 is 9.96. The lowest BCUT2D eigenvalue weighted by atomic mass is 9.78. The highest BCUT2D eigenvalue weighted by Gasteiger charge is 2.48. The molecule has 96 valence electrons. The number of hydrogen-bond donors (Lipinski definition) is 1. The van der Waals surface area contributed by atoms with Gasteiger partial charge in [-0.15, -0.1) is 0 Å². The molecule has 2 heterocycles. The number of aliphatic carboxylic acids is 1. The van der Waals surface area contributed by atoms with Gasteiger partial charge in [0, 0.05) is 0 Å². The van der Waals surface area contributed by atoms with Crippen LogP contribution in [0.4, 0.5) is 0 Å². The molecule has 1 saturated heterocycles. The second-order valence-corrected chi connectivity index (χ2v) is 4.25. The molecule has 0 aromatic carbocycles. The molecule has 5 nitrogen and oxygen atoms in total. The van der Waals surface area contributed by atoms with Crippen LogP contribution in [-0.4, -0.2) is 23.7 Å². The third-order valence-electron chi connectivity index (χ3n) is 3.07. The van der Waals surface area contributed by atoms with E-state index in [9.17, 15) is 14.7 Å². The molecule has 0 bridgehead atoms. The Morgan fingerprint density at radius 1 is 1.56 bits per heavy atom. The van der Waals surface area contributed by atoms with Gasteiger partial charge >= 0.3 is 11.9 Å². The van der Waals surface area contributed by atoms with E-state index in [1.165, 1.54) is 6.26 Å². The summed E-state index contributed by atoms with van der Waals surface area (Å²) in [6, 6.07) is 3.49. The maximum absolute atomic E-state index is 11.7. The molecular weight excluding hydrogens is 236 g/mol. The fraction of sp³-hybridized carbons (Fsp3) is 0.385. The first-order valence-electron chi connectivity index (χ1n) is 5.76. The van der Waals surface area contributed by atoms with Crippen LogP contribution in [0.1, 0.15) is 25.0 Å². The normalized spacial score (nSPS) is 24.1. The lowest BCUT2D eigenvalue weighted by Gasteiger charge is -2.29. The van der Waals surface area contributed by atoms with Gasteiger partial charge in [0.15, 0.2) is 5.41 Å². The maximum Gasteiger partial charge on any atom is 0.323 e. The van der Waals surface area contributed by atoms with Gasteiger partial charge in [-0.1, -0.05) is 6.08 Å². The highest BCUT2D eigenvalue weighted by Crippen LogP contribution is 2.34. The van der Waals surface area contributed by atoms with Gasteiger partial charge in [-0.25, -0.2) is 0 Å². The van der Waals surface area contributed by atoms with Crippen molar-refractivity contribution in [3.05, 3.63) is 30.2 Å². The molecule has 1 aliphatic heterocycles. The second-order valence-electron chi connectivity index (χ2n) is 4.25. The average molecular weight is 250 g/mol. The Morgan fingerprint density at radius 2 is 2.39 bits per heavy atom. The van der Waals surface area contributed by atoms with Crippen molar-refractivity contribution in [1.29, 1.82) is 0 Å². The number of furan rings is 1. The van der Waals surface area contributed by atoms with Crippen molar-refractivity contribution in [2.24, 2.45) is 5.41 Å². The van der Waals surface area contributed by atoms with Crippen LogP contribution < -0.4 is 0 Å². The molecule has 1 atom stereocenters. The lowest BCUT2D eigenvalue weighted by molar-refractivity contribution is -0.174. The van der Waals surface area contributed by atoms with Crippen LogP contribution in [0.3, 0.4) is 0 Å². The molecule has 0 amide bonds. The van der Waals surface area contributed by atoms with Crippen LogP contribution in [0, 0.1) is 5.41 Å². The van der Waals surface area contributed by atoms with E-state index in [1.54, 1.807) is 24.3 Å². The van der Waals surface area contributed by atoms with E-state index in [0.29, 0.717) is 25.2 Å². The number of cyclic esters (lactones) is 1. The lowest BCUT2D eigenvalue weighted by Crippen LogP contribution is -2.43. The van der Waals surface area contributed by atoms with Crippen LogP contribution in [0.15, 0.2) is 28.9 Å². The van der Waals surface area contributed by atoms with E-state index in [0.717, 1.165) is 0 Å². The first-order valence-corrected chi connectivity index (χ1v) is 5.76. The predicted octanol–water partition coefficient (Wildman–Crippen LogP) is 2.09. The topological polar surface area (TPSA) is 76.7 Å². The fourth-order valence-electron chi connectivity index (χ4n) is 2.01. The van der Waals surface area contributed by atoms with Crippen molar-refractivity contribution in [2.45, 2.75) is 19.3 Å². The quantitative estimate of drug-likeness (QED) is 0.654. The van der Waals surface area contributed by atoms with E-state index in [-0.39, 0.29) is 6.42 Å². The minimum absolute atomic E-state index is 0.113. The Hall–Kier alpha value is -2.04. The Kier molecular flexibility index (Phi) is 3.50. The summed E-state index contributed by atoms with van der Waals surface area (Å²) in [5, 5.41) is 9.26. The summed E-state index contributed by atoms with van der Waals surface area (Å²) in [7, 11) is 0. The summed E-state index contributed by atoms with van der Waals surface area (Å²) in [6.45, 7) is 0.301. The second kappa shape index (κ2) is 5.08. The van der Waals surface area contributed by atoms with Crippen molar-refractivity contribution in [3.63, 3.8) is 0 Å². The van der Waals surface area contributed by atoms with Crippen LogP contribution >= 0.6 is 0 Å². The van der Waals surface area contributed by atoms with E-state index in [1.807, 2.05) is 0 Å². The van der Waals surface area contributed by atoms with Crippen molar-refractivity contribution < 1.29 is 23.8 Å². The van der Waals surface area contributed by atoms with Crippen LogP contribution in [0.2, 0.25) is 0 Å². The van der Waals surface area contributed by atoms with Crippen molar-refractivity contribution >= 4 is 18.0 Å². The van der Waals surface area contributed by atoms with E-state index in [4.69, 9.17) is 9.15 Å². The Labute approximate surface area is 104 Å². The highest BCUT2D eigenvalue weighted by molar-refractivity contribution is 5.99. The molecule has 1 unspecified atom stereocenters. The first-order chi connectivity index (χ1) is 8.65. The minimum Gasteiger partial charge on any atom is -0.480 e. The molecule has 0 spiro atoms. The van der Waals surface area contributed by atoms with Crippen LogP contribution in [0.5, 0.6) is 0 Å². The zero-order valence-corrected chi connectivity index (χ0v) is 9.80. The van der Waals surface area contributed by atoms with Gasteiger partial charge < -0.3 is 14.3 Å². The third-order valence-corrected chi connectivity index (χ3v) is 3.07. The molecule has 18 heavy (non-hydrogen) atoms. The van der Waals surface area contributed by atoms with Gasteiger partial charge in [0.1, 0.15) is 5.76 Å². The van der Waals surface area contributed by atoms with Crippen LogP contribution in [0.25, 0.3) is 6.08 Å². The molecule has 0 radical (unpaired) electrons. The van der Waals surface area contributed by atoms with Gasteiger partial charge in [-0.05, 0) is 37.5 Å². The summed E-state index contributed by atoms with van der Waals surface area (Å²) in [5.41, 5.74) is -1.44. The Bertz CT molecular complexity index is 460. The van der Waals surface area contributed by atoms with E-state index < -0.39 is 17.4 Å². The Balaban J connectivity index is 2.11. The van der Waals surface area contributed by atoms with Gasteiger partial charge in [0.2, 0.25) is 0 Å². The Morgan fingerprint density at radius 3 is 3.00 bits per heavy atom. The minimum atomic E-state index is -1.44. The number of allylic oxidation sites excluding steroid dienone is 1. The van der Waals surface area contributed by atoms with Crippen molar-refractivity contribution in [1.82, 2.24) is 0 Å². The number of rotatable bonds is 4. The average Bonchev–Trinajstić information content (AvgIpc) is 2.84. The van der Waals surface area contributed by atoms with E-state index >= 15 is 0 Å². The summed E-state index contributed by atoms with van der Waals surface area (Å²) in [6.07, 6.45) is 5.83. The zero-order chi connectivity index (χ0) is 13.0. The number of carboxylic acids is 1. The molecule has 1 aliphatic rings.